The summed E-state index contributed by atoms with van der Waals surface area (Å²) in [6.45, 7) is 6.82. The van der Waals surface area contributed by atoms with Crippen molar-refractivity contribution in [2.75, 3.05) is 6.61 Å². The van der Waals surface area contributed by atoms with Crippen molar-refractivity contribution in [1.82, 2.24) is 4.98 Å². The van der Waals surface area contributed by atoms with Crippen LogP contribution in [0.3, 0.4) is 0 Å². The number of pyridine rings is 1. The van der Waals surface area contributed by atoms with E-state index in [4.69, 9.17) is 10.5 Å². The van der Waals surface area contributed by atoms with Gasteiger partial charge in [-0.2, -0.15) is 0 Å². The normalized spacial score (nSPS) is 12.2. The summed E-state index contributed by atoms with van der Waals surface area (Å²) in [5.74, 6) is 0.779. The van der Waals surface area contributed by atoms with Crippen molar-refractivity contribution in [3.05, 3.63) is 58.9 Å². The molecule has 1 aromatic heterocycles. The average Bonchev–Trinajstić information content (AvgIpc) is 2.38. The number of aryl methyl sites for hydroxylation is 2. The maximum absolute atomic E-state index is 6.30. The maximum Gasteiger partial charge on any atom is 0.137 e. The van der Waals surface area contributed by atoms with Crippen LogP contribution in [0.25, 0.3) is 0 Å². The van der Waals surface area contributed by atoms with E-state index in [1.54, 1.807) is 6.20 Å². The lowest BCUT2D eigenvalue weighted by atomic mass is 9.98. The van der Waals surface area contributed by atoms with E-state index in [9.17, 15) is 0 Å². The SMILES string of the molecule is CCOc1cncc(C(N)Cc2cc(C)cc(C)c2)c1. The van der Waals surface area contributed by atoms with Gasteiger partial charge in [0.2, 0.25) is 0 Å². The van der Waals surface area contributed by atoms with Crippen LogP contribution >= 0.6 is 0 Å². The molecule has 0 saturated carbocycles. The molecule has 0 fully saturated rings. The molecular formula is C17H22N2O. The standard InChI is InChI=1S/C17H22N2O/c1-4-20-16-9-15(10-19-11-16)17(18)8-14-6-12(2)5-13(3)7-14/h5-7,9-11,17H,4,8,18H2,1-3H3. The Hall–Kier alpha value is -1.87. The summed E-state index contributed by atoms with van der Waals surface area (Å²) in [5, 5.41) is 0. The highest BCUT2D eigenvalue weighted by atomic mass is 16.5. The minimum absolute atomic E-state index is 0.0656. The van der Waals surface area contributed by atoms with Gasteiger partial charge in [-0.1, -0.05) is 29.3 Å². The molecule has 1 aromatic carbocycles. The van der Waals surface area contributed by atoms with Gasteiger partial charge in [0.15, 0.2) is 0 Å². The van der Waals surface area contributed by atoms with Crippen LogP contribution < -0.4 is 10.5 Å². The molecule has 1 heterocycles. The zero-order valence-corrected chi connectivity index (χ0v) is 12.4. The Morgan fingerprint density at radius 1 is 1.10 bits per heavy atom. The van der Waals surface area contributed by atoms with E-state index in [1.165, 1.54) is 16.7 Å². The lowest BCUT2D eigenvalue weighted by Gasteiger charge is -2.14. The Bertz CT molecular complexity index is 561. The largest absolute Gasteiger partial charge is 0.492 e. The van der Waals surface area contributed by atoms with Gasteiger partial charge >= 0.3 is 0 Å². The number of nitrogens with zero attached hydrogens (tertiary/aromatic N) is 1. The van der Waals surface area contributed by atoms with Crippen LogP contribution in [0.1, 0.15) is 35.2 Å². The molecular weight excluding hydrogens is 248 g/mol. The first-order chi connectivity index (χ1) is 9.58. The number of nitrogens with two attached hydrogens (primary N) is 1. The summed E-state index contributed by atoms with van der Waals surface area (Å²) in [7, 11) is 0. The third-order valence-corrected chi connectivity index (χ3v) is 3.21. The van der Waals surface area contributed by atoms with Crippen molar-refractivity contribution >= 4 is 0 Å². The third kappa shape index (κ3) is 3.81. The number of ether oxygens (including phenoxy) is 1. The summed E-state index contributed by atoms with van der Waals surface area (Å²) in [5.41, 5.74) is 11.1. The molecule has 0 bridgehead atoms. The molecule has 2 aromatic rings. The number of hydrogen-bond donors (Lipinski definition) is 1. The predicted octanol–water partition coefficient (Wildman–Crippen LogP) is 3.34. The smallest absolute Gasteiger partial charge is 0.137 e. The van der Waals surface area contributed by atoms with Gasteiger partial charge in [-0.15, -0.1) is 0 Å². The highest BCUT2D eigenvalue weighted by Gasteiger charge is 2.09. The molecule has 0 aliphatic carbocycles. The van der Waals surface area contributed by atoms with E-state index in [2.05, 4.69) is 37.0 Å². The van der Waals surface area contributed by atoms with Gasteiger partial charge in [0.25, 0.3) is 0 Å². The van der Waals surface area contributed by atoms with E-state index in [0.29, 0.717) is 6.61 Å². The van der Waals surface area contributed by atoms with Gasteiger partial charge in [0.1, 0.15) is 5.75 Å². The molecule has 20 heavy (non-hydrogen) atoms. The monoisotopic (exact) mass is 270 g/mol. The first-order valence-electron chi connectivity index (χ1n) is 6.99. The first kappa shape index (κ1) is 14.5. The number of benzene rings is 1. The Morgan fingerprint density at radius 3 is 2.45 bits per heavy atom. The number of hydrogen-bond acceptors (Lipinski definition) is 3. The summed E-state index contributed by atoms with van der Waals surface area (Å²) in [6.07, 6.45) is 4.34. The molecule has 0 aliphatic rings. The summed E-state index contributed by atoms with van der Waals surface area (Å²) < 4.78 is 5.47. The van der Waals surface area contributed by atoms with Crippen LogP contribution in [0, 0.1) is 13.8 Å². The molecule has 2 N–H and O–H groups in total. The van der Waals surface area contributed by atoms with Crippen LogP contribution in [0.15, 0.2) is 36.7 Å². The Kier molecular flexibility index (Phi) is 4.74. The van der Waals surface area contributed by atoms with Crippen molar-refractivity contribution in [3.8, 4) is 5.75 Å². The average molecular weight is 270 g/mol. The van der Waals surface area contributed by atoms with Crippen molar-refractivity contribution in [2.24, 2.45) is 5.73 Å². The second-order valence-corrected chi connectivity index (χ2v) is 5.19. The van der Waals surface area contributed by atoms with Gasteiger partial charge in [0.05, 0.1) is 12.8 Å². The molecule has 0 amide bonds. The van der Waals surface area contributed by atoms with E-state index in [0.717, 1.165) is 17.7 Å². The van der Waals surface area contributed by atoms with Crippen molar-refractivity contribution < 1.29 is 4.74 Å². The van der Waals surface area contributed by atoms with Crippen LogP contribution in [0.5, 0.6) is 5.75 Å². The van der Waals surface area contributed by atoms with E-state index in [-0.39, 0.29) is 6.04 Å². The molecule has 0 radical (unpaired) electrons. The zero-order valence-electron chi connectivity index (χ0n) is 12.4. The van der Waals surface area contributed by atoms with Gasteiger partial charge in [-0.05, 0) is 44.4 Å². The predicted molar refractivity (Wildman–Crippen MR) is 82.0 cm³/mol. The highest BCUT2D eigenvalue weighted by Crippen LogP contribution is 2.20. The minimum Gasteiger partial charge on any atom is -0.492 e. The first-order valence-corrected chi connectivity index (χ1v) is 6.99. The maximum atomic E-state index is 6.30. The molecule has 3 heteroatoms. The molecule has 0 spiro atoms. The Labute approximate surface area is 120 Å². The molecule has 3 nitrogen and oxygen atoms in total. The van der Waals surface area contributed by atoms with Crippen LogP contribution in [-0.4, -0.2) is 11.6 Å². The quantitative estimate of drug-likeness (QED) is 0.906. The van der Waals surface area contributed by atoms with E-state index >= 15 is 0 Å². The lowest BCUT2D eigenvalue weighted by molar-refractivity contribution is 0.338. The zero-order chi connectivity index (χ0) is 14.5. The topological polar surface area (TPSA) is 48.1 Å². The Balaban J connectivity index is 2.14. The molecule has 0 aliphatic heterocycles. The van der Waals surface area contributed by atoms with Gasteiger partial charge in [0, 0.05) is 12.2 Å². The number of rotatable bonds is 5. The Morgan fingerprint density at radius 2 is 1.80 bits per heavy atom. The van der Waals surface area contributed by atoms with Crippen LogP contribution in [-0.2, 0) is 6.42 Å². The second kappa shape index (κ2) is 6.53. The van der Waals surface area contributed by atoms with Gasteiger partial charge in [-0.25, -0.2) is 0 Å². The highest BCUT2D eigenvalue weighted by molar-refractivity contribution is 5.31. The molecule has 1 unspecified atom stereocenters. The summed E-state index contributed by atoms with van der Waals surface area (Å²) >= 11 is 0. The molecule has 2 rings (SSSR count). The molecule has 1 atom stereocenters. The fraction of sp³-hybridized carbons (Fsp3) is 0.353. The lowest BCUT2D eigenvalue weighted by Crippen LogP contribution is -2.14. The third-order valence-electron chi connectivity index (χ3n) is 3.21. The summed E-state index contributed by atoms with van der Waals surface area (Å²) in [6, 6.07) is 8.46. The van der Waals surface area contributed by atoms with Crippen molar-refractivity contribution in [2.45, 2.75) is 33.2 Å². The minimum atomic E-state index is -0.0656. The summed E-state index contributed by atoms with van der Waals surface area (Å²) in [4.78, 5) is 4.20. The van der Waals surface area contributed by atoms with Gasteiger partial charge in [-0.3, -0.25) is 4.98 Å². The van der Waals surface area contributed by atoms with Crippen molar-refractivity contribution in [1.29, 1.82) is 0 Å². The molecule has 106 valence electrons. The fourth-order valence-electron chi connectivity index (χ4n) is 2.44. The van der Waals surface area contributed by atoms with E-state index < -0.39 is 0 Å². The van der Waals surface area contributed by atoms with Gasteiger partial charge < -0.3 is 10.5 Å². The van der Waals surface area contributed by atoms with E-state index in [1.807, 2.05) is 19.2 Å². The van der Waals surface area contributed by atoms with Crippen molar-refractivity contribution in [3.63, 3.8) is 0 Å². The fourth-order valence-corrected chi connectivity index (χ4v) is 2.44. The van der Waals surface area contributed by atoms with Crippen LogP contribution in [0.2, 0.25) is 0 Å². The van der Waals surface area contributed by atoms with Crippen LogP contribution in [0.4, 0.5) is 0 Å². The second-order valence-electron chi connectivity index (χ2n) is 5.19. The number of aromatic nitrogens is 1. The molecule has 0 saturated heterocycles.